The number of hydrogen-bond acceptors (Lipinski definition) is 2. The second-order valence-electron chi connectivity index (χ2n) is 3.51. The lowest BCUT2D eigenvalue weighted by Crippen LogP contribution is -2.27. The lowest BCUT2D eigenvalue weighted by atomic mass is 10.1. The van der Waals surface area contributed by atoms with Gasteiger partial charge in [-0.25, -0.2) is 13.2 Å². The third-order valence-corrected chi connectivity index (χ3v) is 2.24. The lowest BCUT2D eigenvalue weighted by molar-refractivity contribution is 0.303. The van der Waals surface area contributed by atoms with E-state index in [9.17, 15) is 13.2 Å². The van der Waals surface area contributed by atoms with Crippen LogP contribution in [0.4, 0.5) is 13.2 Å². The molecule has 1 atom stereocenters. The third kappa shape index (κ3) is 2.49. The predicted molar refractivity (Wildman–Crippen MR) is 51.8 cm³/mol. The monoisotopic (exact) mass is 218 g/mol. The van der Waals surface area contributed by atoms with Gasteiger partial charge in [0.2, 0.25) is 0 Å². The fourth-order valence-corrected chi connectivity index (χ4v) is 1.41. The Morgan fingerprint density at radius 3 is 2.00 bits per heavy atom. The Morgan fingerprint density at radius 1 is 1.20 bits per heavy atom. The van der Waals surface area contributed by atoms with Gasteiger partial charge in [-0.1, -0.05) is 0 Å². The van der Waals surface area contributed by atoms with Gasteiger partial charge in [-0.15, -0.1) is 0 Å². The minimum atomic E-state index is -1.45. The molecule has 15 heavy (non-hydrogen) atoms. The van der Waals surface area contributed by atoms with Gasteiger partial charge in [0.25, 0.3) is 0 Å². The summed E-state index contributed by atoms with van der Waals surface area (Å²) in [7, 11) is 3.47. The molecule has 0 amide bonds. The van der Waals surface area contributed by atoms with Crippen molar-refractivity contribution in [3.63, 3.8) is 0 Å². The van der Waals surface area contributed by atoms with Gasteiger partial charge in [-0.05, 0) is 31.8 Å². The molecule has 2 nitrogen and oxygen atoms in total. The molecular formula is C10H13F3N2. The van der Waals surface area contributed by atoms with Crippen LogP contribution in [0, 0.1) is 17.5 Å². The van der Waals surface area contributed by atoms with Crippen molar-refractivity contribution in [3.05, 3.63) is 35.1 Å². The summed E-state index contributed by atoms with van der Waals surface area (Å²) in [6.45, 7) is 0.206. The van der Waals surface area contributed by atoms with Crippen LogP contribution in [0.25, 0.3) is 0 Å². The van der Waals surface area contributed by atoms with Crippen molar-refractivity contribution in [2.45, 2.75) is 6.04 Å². The second-order valence-corrected chi connectivity index (χ2v) is 3.51. The maximum atomic E-state index is 12.9. The highest BCUT2D eigenvalue weighted by atomic mass is 19.2. The molecular weight excluding hydrogens is 205 g/mol. The van der Waals surface area contributed by atoms with Gasteiger partial charge in [0.15, 0.2) is 17.5 Å². The first-order valence-corrected chi connectivity index (χ1v) is 4.48. The van der Waals surface area contributed by atoms with Gasteiger partial charge < -0.3 is 10.6 Å². The first-order valence-electron chi connectivity index (χ1n) is 4.48. The molecule has 2 N–H and O–H groups in total. The van der Waals surface area contributed by atoms with E-state index in [1.165, 1.54) is 0 Å². The molecule has 0 aromatic heterocycles. The molecule has 0 aliphatic carbocycles. The Morgan fingerprint density at radius 2 is 1.67 bits per heavy atom. The molecule has 1 rings (SSSR count). The average molecular weight is 218 g/mol. The van der Waals surface area contributed by atoms with Crippen molar-refractivity contribution >= 4 is 0 Å². The molecule has 0 unspecified atom stereocenters. The summed E-state index contributed by atoms with van der Waals surface area (Å²) in [4.78, 5) is 1.71. The molecule has 0 aliphatic rings. The molecule has 0 aliphatic heterocycles. The van der Waals surface area contributed by atoms with E-state index in [0.717, 1.165) is 12.1 Å². The quantitative estimate of drug-likeness (QED) is 0.782. The van der Waals surface area contributed by atoms with E-state index in [1.54, 1.807) is 19.0 Å². The Balaban J connectivity index is 3.14. The average Bonchev–Trinajstić information content (AvgIpc) is 2.14. The van der Waals surface area contributed by atoms with Crippen molar-refractivity contribution in [3.8, 4) is 0 Å². The van der Waals surface area contributed by atoms with Gasteiger partial charge in [0.1, 0.15) is 0 Å². The highest BCUT2D eigenvalue weighted by molar-refractivity contribution is 5.23. The summed E-state index contributed by atoms with van der Waals surface area (Å²) < 4.78 is 38.5. The smallest absolute Gasteiger partial charge is 0.194 e. The zero-order valence-corrected chi connectivity index (χ0v) is 8.60. The predicted octanol–water partition coefficient (Wildman–Crippen LogP) is 1.67. The van der Waals surface area contributed by atoms with Gasteiger partial charge in [0, 0.05) is 12.6 Å². The summed E-state index contributed by atoms with van der Waals surface area (Å²) in [6.07, 6.45) is 0. The number of nitrogens with two attached hydrogens (primary N) is 1. The van der Waals surface area contributed by atoms with E-state index in [-0.39, 0.29) is 12.6 Å². The fourth-order valence-electron chi connectivity index (χ4n) is 1.41. The van der Waals surface area contributed by atoms with Crippen molar-refractivity contribution < 1.29 is 13.2 Å². The molecule has 1 aromatic rings. The number of hydrogen-bond donors (Lipinski definition) is 1. The molecule has 0 heterocycles. The van der Waals surface area contributed by atoms with Gasteiger partial charge in [-0.2, -0.15) is 0 Å². The van der Waals surface area contributed by atoms with Crippen molar-refractivity contribution in [2.75, 3.05) is 20.6 Å². The summed E-state index contributed by atoms with van der Waals surface area (Å²) in [5.74, 6) is -3.83. The Bertz CT molecular complexity index is 330. The number of rotatable bonds is 3. The molecule has 84 valence electrons. The van der Waals surface area contributed by atoms with E-state index in [2.05, 4.69) is 0 Å². The molecule has 0 saturated heterocycles. The SMILES string of the molecule is CN(C)[C@H](CN)c1cc(F)c(F)c(F)c1. The number of halogens is 3. The number of benzene rings is 1. The van der Waals surface area contributed by atoms with Crippen molar-refractivity contribution in [1.82, 2.24) is 4.90 Å². The van der Waals surface area contributed by atoms with Crippen LogP contribution >= 0.6 is 0 Å². The molecule has 0 spiro atoms. The molecule has 5 heteroatoms. The Hall–Kier alpha value is -1.07. The van der Waals surface area contributed by atoms with Crippen LogP contribution < -0.4 is 5.73 Å². The van der Waals surface area contributed by atoms with Crippen LogP contribution in [0.1, 0.15) is 11.6 Å². The highest BCUT2D eigenvalue weighted by Crippen LogP contribution is 2.21. The number of nitrogens with zero attached hydrogens (tertiary/aromatic N) is 1. The van der Waals surface area contributed by atoms with E-state index >= 15 is 0 Å². The molecule has 0 radical (unpaired) electrons. The Kier molecular flexibility index (Phi) is 3.71. The van der Waals surface area contributed by atoms with Gasteiger partial charge in [0.05, 0.1) is 0 Å². The van der Waals surface area contributed by atoms with Crippen LogP contribution in [0.5, 0.6) is 0 Å². The number of likely N-dealkylation sites (N-methyl/N-ethyl adjacent to an activating group) is 1. The minimum absolute atomic E-state index is 0.206. The van der Waals surface area contributed by atoms with Crippen molar-refractivity contribution in [2.24, 2.45) is 5.73 Å². The van der Waals surface area contributed by atoms with Crippen molar-refractivity contribution in [1.29, 1.82) is 0 Å². The molecule has 0 saturated carbocycles. The van der Waals surface area contributed by atoms with E-state index in [0.29, 0.717) is 5.56 Å². The van der Waals surface area contributed by atoms with E-state index in [1.807, 2.05) is 0 Å². The first kappa shape index (κ1) is 12.0. The Labute approximate surface area is 86.5 Å². The zero-order chi connectivity index (χ0) is 11.6. The molecule has 0 fully saturated rings. The summed E-state index contributed by atoms with van der Waals surface area (Å²) in [5, 5.41) is 0. The van der Waals surface area contributed by atoms with Crippen LogP contribution in [0.3, 0.4) is 0 Å². The summed E-state index contributed by atoms with van der Waals surface area (Å²) in [6, 6.07) is 1.61. The zero-order valence-electron chi connectivity index (χ0n) is 8.60. The van der Waals surface area contributed by atoms with Gasteiger partial charge in [-0.3, -0.25) is 0 Å². The normalized spacial score (nSPS) is 13.3. The fraction of sp³-hybridized carbons (Fsp3) is 0.400. The lowest BCUT2D eigenvalue weighted by Gasteiger charge is -2.23. The molecule has 1 aromatic carbocycles. The van der Waals surface area contributed by atoms with Crippen LogP contribution in [0.2, 0.25) is 0 Å². The van der Waals surface area contributed by atoms with Crippen LogP contribution in [-0.2, 0) is 0 Å². The highest BCUT2D eigenvalue weighted by Gasteiger charge is 2.17. The summed E-state index contributed by atoms with van der Waals surface area (Å²) >= 11 is 0. The molecule has 0 bridgehead atoms. The topological polar surface area (TPSA) is 29.3 Å². The first-order chi connectivity index (χ1) is 6.97. The van der Waals surface area contributed by atoms with E-state index < -0.39 is 17.5 Å². The van der Waals surface area contributed by atoms with Gasteiger partial charge >= 0.3 is 0 Å². The largest absolute Gasteiger partial charge is 0.329 e. The van der Waals surface area contributed by atoms with Crippen LogP contribution in [0.15, 0.2) is 12.1 Å². The second kappa shape index (κ2) is 4.63. The van der Waals surface area contributed by atoms with Crippen LogP contribution in [-0.4, -0.2) is 25.5 Å². The third-order valence-electron chi connectivity index (χ3n) is 2.24. The maximum absolute atomic E-state index is 12.9. The van der Waals surface area contributed by atoms with E-state index in [4.69, 9.17) is 5.73 Å². The summed E-state index contributed by atoms with van der Waals surface area (Å²) in [5.41, 5.74) is 5.80. The standard InChI is InChI=1S/C10H13F3N2/c1-15(2)9(5-14)6-3-7(11)10(13)8(12)4-6/h3-4,9H,5,14H2,1-2H3/t9-/m1/s1. The maximum Gasteiger partial charge on any atom is 0.194 e. The minimum Gasteiger partial charge on any atom is -0.329 e.